The Morgan fingerprint density at radius 1 is 1.26 bits per heavy atom. The lowest BCUT2D eigenvalue weighted by atomic mass is 10.2. The Kier molecular flexibility index (Phi) is 6.68. The zero-order chi connectivity index (χ0) is 24.2. The highest BCUT2D eigenvalue weighted by atomic mass is 79.9. The number of aromatic nitrogens is 4. The molecule has 0 bridgehead atoms. The number of hydrogen-bond acceptors (Lipinski definition) is 7. The van der Waals surface area contributed by atoms with Crippen LogP contribution in [0.2, 0.25) is 0 Å². The summed E-state index contributed by atoms with van der Waals surface area (Å²) < 4.78 is 8.71. The lowest BCUT2D eigenvalue weighted by Gasteiger charge is -2.09. The van der Waals surface area contributed by atoms with E-state index in [-0.39, 0.29) is 30.2 Å². The smallest absolute Gasteiger partial charge is 0.269 e. The van der Waals surface area contributed by atoms with Crippen LogP contribution in [0.25, 0.3) is 11.0 Å². The van der Waals surface area contributed by atoms with E-state index >= 15 is 0 Å². The third-order valence-electron chi connectivity index (χ3n) is 5.12. The first-order chi connectivity index (χ1) is 16.4. The minimum absolute atomic E-state index is 0.0459. The van der Waals surface area contributed by atoms with Crippen LogP contribution in [-0.2, 0) is 13.1 Å². The molecular formula is C22H19BrN6O5. The number of benzene rings is 2. The van der Waals surface area contributed by atoms with Gasteiger partial charge in [0.15, 0.2) is 5.65 Å². The molecule has 1 amide bonds. The zero-order valence-electron chi connectivity index (χ0n) is 18.0. The summed E-state index contributed by atoms with van der Waals surface area (Å²) in [7, 11) is 1.53. The Morgan fingerprint density at radius 2 is 2.09 bits per heavy atom. The summed E-state index contributed by atoms with van der Waals surface area (Å²) in [6.45, 7) is 0.704. The fourth-order valence-electron chi connectivity index (χ4n) is 3.41. The van der Waals surface area contributed by atoms with Gasteiger partial charge in [0.2, 0.25) is 0 Å². The number of carbonyl (C=O) groups excluding carboxylic acids is 1. The largest absolute Gasteiger partial charge is 0.497 e. The van der Waals surface area contributed by atoms with Gasteiger partial charge < -0.3 is 10.1 Å². The number of ether oxygens (including phenoxy) is 1. The third-order valence-corrected chi connectivity index (χ3v) is 5.82. The van der Waals surface area contributed by atoms with Crippen molar-refractivity contribution in [2.24, 2.45) is 0 Å². The van der Waals surface area contributed by atoms with Crippen LogP contribution >= 0.6 is 15.9 Å². The van der Waals surface area contributed by atoms with Gasteiger partial charge in [0, 0.05) is 23.2 Å². The number of rotatable bonds is 8. The highest BCUT2D eigenvalue weighted by molar-refractivity contribution is 9.10. The average molecular weight is 527 g/mol. The van der Waals surface area contributed by atoms with Gasteiger partial charge in [-0.25, -0.2) is 9.67 Å². The third kappa shape index (κ3) is 4.81. The topological polar surface area (TPSA) is 134 Å². The number of nitrogens with zero attached hydrogens (tertiary/aromatic N) is 5. The second-order valence-corrected chi connectivity index (χ2v) is 8.17. The van der Waals surface area contributed by atoms with Gasteiger partial charge in [-0.3, -0.25) is 24.3 Å². The van der Waals surface area contributed by atoms with Crippen molar-refractivity contribution >= 4 is 38.6 Å². The number of halogens is 1. The van der Waals surface area contributed by atoms with E-state index in [2.05, 4.69) is 31.3 Å². The Hall–Kier alpha value is -4.06. The van der Waals surface area contributed by atoms with Crippen LogP contribution in [0.5, 0.6) is 5.75 Å². The van der Waals surface area contributed by atoms with Crippen molar-refractivity contribution in [3.05, 3.63) is 91.1 Å². The summed E-state index contributed by atoms with van der Waals surface area (Å²) in [5.41, 5.74) is 1.07. The highest BCUT2D eigenvalue weighted by Gasteiger charge is 2.14. The summed E-state index contributed by atoms with van der Waals surface area (Å²) in [6, 6.07) is 11.2. The van der Waals surface area contributed by atoms with Crippen LogP contribution in [0.3, 0.4) is 0 Å². The molecule has 0 saturated heterocycles. The molecule has 2 heterocycles. The lowest BCUT2D eigenvalue weighted by molar-refractivity contribution is -0.384. The second kappa shape index (κ2) is 9.83. The number of carbonyl (C=O) groups is 1. The van der Waals surface area contributed by atoms with Crippen LogP contribution in [0.4, 0.5) is 5.69 Å². The molecule has 4 aromatic rings. The van der Waals surface area contributed by atoms with Crippen LogP contribution in [-0.4, -0.2) is 43.8 Å². The van der Waals surface area contributed by atoms with Crippen molar-refractivity contribution in [1.29, 1.82) is 0 Å². The fraction of sp³-hybridized carbons (Fsp3) is 0.182. The molecule has 0 radical (unpaired) electrons. The van der Waals surface area contributed by atoms with E-state index in [1.807, 2.05) is 0 Å². The van der Waals surface area contributed by atoms with Crippen molar-refractivity contribution in [3.8, 4) is 5.75 Å². The number of fused-ring (bicyclic) bond motifs is 1. The van der Waals surface area contributed by atoms with Gasteiger partial charge in [0.05, 0.1) is 36.9 Å². The molecule has 34 heavy (non-hydrogen) atoms. The molecule has 2 aromatic heterocycles. The maximum atomic E-state index is 12.9. The molecule has 0 atom stereocenters. The highest BCUT2D eigenvalue weighted by Crippen LogP contribution is 2.22. The van der Waals surface area contributed by atoms with Crippen LogP contribution < -0.4 is 15.6 Å². The normalized spacial score (nSPS) is 10.9. The Bertz CT molecular complexity index is 1450. The zero-order valence-corrected chi connectivity index (χ0v) is 19.6. The number of methoxy groups -OCH3 is 1. The van der Waals surface area contributed by atoms with Crippen molar-refractivity contribution in [2.45, 2.75) is 13.1 Å². The number of non-ortho nitro benzene ring substituents is 1. The number of hydrogen-bond donors (Lipinski definition) is 1. The first kappa shape index (κ1) is 23.1. The van der Waals surface area contributed by atoms with Crippen molar-refractivity contribution in [3.63, 3.8) is 0 Å². The van der Waals surface area contributed by atoms with E-state index in [9.17, 15) is 19.7 Å². The van der Waals surface area contributed by atoms with Crippen molar-refractivity contribution < 1.29 is 14.5 Å². The Balaban J connectivity index is 1.46. The molecule has 0 aliphatic carbocycles. The van der Waals surface area contributed by atoms with Gasteiger partial charge in [0.1, 0.15) is 17.5 Å². The summed E-state index contributed by atoms with van der Waals surface area (Å²) in [5, 5.41) is 18.3. The van der Waals surface area contributed by atoms with Crippen molar-refractivity contribution in [1.82, 2.24) is 24.6 Å². The summed E-state index contributed by atoms with van der Waals surface area (Å²) in [6.07, 6.45) is 2.81. The molecule has 0 unspecified atom stereocenters. The molecule has 4 rings (SSSR count). The van der Waals surface area contributed by atoms with Gasteiger partial charge in [0.25, 0.3) is 17.2 Å². The maximum Gasteiger partial charge on any atom is 0.269 e. The van der Waals surface area contributed by atoms with Gasteiger partial charge in [-0.1, -0.05) is 12.1 Å². The molecule has 0 spiro atoms. The van der Waals surface area contributed by atoms with Crippen LogP contribution in [0, 0.1) is 10.1 Å². The van der Waals surface area contributed by atoms with Crippen LogP contribution in [0.1, 0.15) is 15.9 Å². The molecule has 0 saturated carbocycles. The fourth-order valence-corrected chi connectivity index (χ4v) is 3.84. The summed E-state index contributed by atoms with van der Waals surface area (Å²) in [5.74, 6) is 0.284. The van der Waals surface area contributed by atoms with E-state index in [1.54, 1.807) is 30.3 Å². The van der Waals surface area contributed by atoms with E-state index in [1.165, 1.54) is 41.0 Å². The first-order valence-electron chi connectivity index (χ1n) is 10.1. The molecule has 0 aliphatic rings. The molecule has 11 nitrogen and oxygen atoms in total. The van der Waals surface area contributed by atoms with Gasteiger partial charge in [-0.2, -0.15) is 5.10 Å². The molecule has 0 fully saturated rings. The average Bonchev–Trinajstić information content (AvgIpc) is 3.25. The Morgan fingerprint density at radius 3 is 2.85 bits per heavy atom. The number of amides is 1. The standard InChI is InChI=1S/C22H19BrN6O5/c1-34-16-5-6-19(23)17(10-16)21(30)24-7-8-28-20-18(11-26-28)22(31)27(13-25-20)12-14-3-2-4-15(9-14)29(32)33/h2-6,9-11,13H,7-8,12H2,1H3,(H,24,30). The molecule has 2 aromatic carbocycles. The van der Waals surface area contributed by atoms with E-state index in [0.29, 0.717) is 38.9 Å². The van der Waals surface area contributed by atoms with E-state index in [4.69, 9.17) is 4.74 Å². The van der Waals surface area contributed by atoms with E-state index in [0.717, 1.165) is 0 Å². The SMILES string of the molecule is COc1ccc(Br)c(C(=O)NCCn2ncc3c(=O)n(Cc4cccc([N+](=O)[O-])c4)cnc32)c1. The lowest BCUT2D eigenvalue weighted by Crippen LogP contribution is -2.28. The van der Waals surface area contributed by atoms with Gasteiger partial charge >= 0.3 is 0 Å². The minimum Gasteiger partial charge on any atom is -0.497 e. The molecule has 1 N–H and O–H groups in total. The van der Waals surface area contributed by atoms with Gasteiger partial charge in [-0.15, -0.1) is 0 Å². The maximum absolute atomic E-state index is 12.9. The number of nitrogens with one attached hydrogen (secondary N) is 1. The molecule has 174 valence electrons. The Labute approximate surface area is 201 Å². The number of nitro benzene ring substituents is 1. The summed E-state index contributed by atoms with van der Waals surface area (Å²) in [4.78, 5) is 40.2. The predicted molar refractivity (Wildman–Crippen MR) is 127 cm³/mol. The predicted octanol–water partition coefficient (Wildman–Crippen LogP) is 2.75. The minimum atomic E-state index is -0.483. The molecule has 12 heteroatoms. The second-order valence-electron chi connectivity index (χ2n) is 7.31. The summed E-state index contributed by atoms with van der Waals surface area (Å²) >= 11 is 3.36. The molecule has 0 aliphatic heterocycles. The number of nitro groups is 1. The quantitative estimate of drug-likeness (QED) is 0.275. The van der Waals surface area contributed by atoms with Gasteiger partial charge in [-0.05, 0) is 39.7 Å². The molecular weight excluding hydrogens is 508 g/mol. The van der Waals surface area contributed by atoms with Crippen LogP contribution in [0.15, 0.2) is 64.3 Å². The van der Waals surface area contributed by atoms with E-state index < -0.39 is 4.92 Å². The van der Waals surface area contributed by atoms with Crippen molar-refractivity contribution in [2.75, 3.05) is 13.7 Å². The first-order valence-corrected chi connectivity index (χ1v) is 10.9. The monoisotopic (exact) mass is 526 g/mol.